The van der Waals surface area contributed by atoms with E-state index in [0.717, 1.165) is 12.3 Å². The van der Waals surface area contributed by atoms with Crippen LogP contribution in [0.5, 0.6) is 0 Å². The summed E-state index contributed by atoms with van der Waals surface area (Å²) in [5, 5.41) is 2.87. The normalized spacial score (nSPS) is 27.4. The minimum absolute atomic E-state index is 0.0229. The maximum absolute atomic E-state index is 12.5. The van der Waals surface area contributed by atoms with Crippen molar-refractivity contribution in [3.05, 3.63) is 24.3 Å². The molecule has 2 N–H and O–H groups in total. The Kier molecular flexibility index (Phi) is 4.73. The van der Waals surface area contributed by atoms with Crippen molar-refractivity contribution in [2.24, 2.45) is 22.7 Å². The Morgan fingerprint density at radius 1 is 1.23 bits per heavy atom. The second-order valence-electron chi connectivity index (χ2n) is 7.75. The molecule has 3 atom stereocenters. The van der Waals surface area contributed by atoms with E-state index in [1.54, 1.807) is 12.1 Å². The van der Waals surface area contributed by atoms with Gasteiger partial charge in [0.15, 0.2) is 0 Å². The highest BCUT2D eigenvalue weighted by Gasteiger charge is 2.40. The van der Waals surface area contributed by atoms with Crippen LogP contribution in [0.3, 0.4) is 0 Å². The number of hydrogen-bond donors (Lipinski definition) is 2. The summed E-state index contributed by atoms with van der Waals surface area (Å²) in [6, 6.07) is 6.42. The van der Waals surface area contributed by atoms with Crippen LogP contribution in [0.25, 0.3) is 0 Å². The maximum Gasteiger partial charge on any atom is 0.262 e. The highest BCUT2D eigenvalue weighted by Crippen LogP contribution is 2.49. The van der Waals surface area contributed by atoms with Crippen molar-refractivity contribution in [3.8, 4) is 0 Å². The monoisotopic (exact) mass is 375 g/mol. The van der Waals surface area contributed by atoms with Crippen LogP contribution in [0.15, 0.2) is 34.2 Å². The van der Waals surface area contributed by atoms with E-state index >= 15 is 0 Å². The maximum atomic E-state index is 12.5. The topological polar surface area (TPSA) is 87.6 Å². The molecule has 0 aromatic heterocycles. The average molecular weight is 375 g/mol. The number of anilines is 1. The zero-order valence-electron chi connectivity index (χ0n) is 14.8. The molecule has 3 aliphatic rings. The smallest absolute Gasteiger partial charge is 0.262 e. The number of nitrogens with one attached hydrogen (secondary N) is 2. The van der Waals surface area contributed by atoms with Crippen molar-refractivity contribution < 1.29 is 13.2 Å². The first kappa shape index (κ1) is 17.5. The summed E-state index contributed by atoms with van der Waals surface area (Å²) < 4.78 is 27.5. The number of benzene rings is 1. The highest BCUT2D eigenvalue weighted by atomic mass is 32.2. The highest BCUT2D eigenvalue weighted by molar-refractivity contribution is 7.90. The Bertz CT molecular complexity index is 834. The molecule has 0 unspecified atom stereocenters. The Hall–Kier alpha value is -1.89. The predicted octanol–water partition coefficient (Wildman–Crippen LogP) is 2.92. The van der Waals surface area contributed by atoms with Crippen molar-refractivity contribution in [2.45, 2.75) is 49.8 Å². The van der Waals surface area contributed by atoms with E-state index in [1.807, 2.05) is 0 Å². The lowest BCUT2D eigenvalue weighted by atomic mass is 9.86. The lowest BCUT2D eigenvalue weighted by molar-refractivity contribution is -0.117. The summed E-state index contributed by atoms with van der Waals surface area (Å²) >= 11 is 0. The first-order chi connectivity index (χ1) is 12.5. The fourth-order valence-electron chi connectivity index (χ4n) is 4.65. The minimum Gasteiger partial charge on any atom is -0.326 e. The molecule has 1 heterocycles. The Labute approximate surface area is 154 Å². The molecule has 0 saturated heterocycles. The number of carbonyl (C=O) groups is 1. The molecule has 1 amide bonds. The summed E-state index contributed by atoms with van der Waals surface area (Å²) in [6.45, 7) is 0.664. The second kappa shape index (κ2) is 7.02. The summed E-state index contributed by atoms with van der Waals surface area (Å²) in [5.41, 5.74) is 0.523. The van der Waals surface area contributed by atoms with Gasteiger partial charge in [-0.3, -0.25) is 14.5 Å². The van der Waals surface area contributed by atoms with E-state index in [4.69, 9.17) is 0 Å². The number of amides is 1. The van der Waals surface area contributed by atoms with E-state index in [2.05, 4.69) is 15.0 Å². The molecule has 2 saturated carbocycles. The number of nitrogens with zero attached hydrogens (tertiary/aromatic N) is 1. The third kappa shape index (κ3) is 3.77. The quantitative estimate of drug-likeness (QED) is 0.829. The van der Waals surface area contributed by atoms with Crippen molar-refractivity contribution in [3.63, 3.8) is 0 Å². The molecule has 0 spiro atoms. The van der Waals surface area contributed by atoms with Gasteiger partial charge < -0.3 is 5.32 Å². The van der Waals surface area contributed by atoms with Crippen LogP contribution in [0.2, 0.25) is 0 Å². The molecule has 2 bridgehead atoms. The van der Waals surface area contributed by atoms with Crippen LogP contribution in [0.1, 0.15) is 44.9 Å². The van der Waals surface area contributed by atoms with Gasteiger partial charge in [-0.25, -0.2) is 8.42 Å². The van der Waals surface area contributed by atoms with Crippen LogP contribution in [-0.4, -0.2) is 26.7 Å². The zero-order valence-corrected chi connectivity index (χ0v) is 15.6. The van der Waals surface area contributed by atoms with Gasteiger partial charge in [0.2, 0.25) is 5.91 Å². The molecule has 2 aliphatic carbocycles. The number of sulfonamides is 1. The number of hydrogen-bond acceptors (Lipinski definition) is 4. The molecular formula is C19H25N3O3S. The van der Waals surface area contributed by atoms with Gasteiger partial charge in [-0.1, -0.05) is 12.5 Å². The van der Waals surface area contributed by atoms with E-state index in [1.165, 1.54) is 37.8 Å². The van der Waals surface area contributed by atoms with Gasteiger partial charge in [0.1, 0.15) is 5.84 Å². The lowest BCUT2D eigenvalue weighted by Gasteiger charge is -2.21. The first-order valence-electron chi connectivity index (χ1n) is 9.46. The molecule has 4 rings (SSSR count). The van der Waals surface area contributed by atoms with Gasteiger partial charge in [-0.15, -0.1) is 0 Å². The van der Waals surface area contributed by atoms with Crippen molar-refractivity contribution >= 4 is 27.5 Å². The van der Waals surface area contributed by atoms with Gasteiger partial charge in [0, 0.05) is 25.1 Å². The Balaban J connectivity index is 1.39. The summed E-state index contributed by atoms with van der Waals surface area (Å²) in [6.07, 6.45) is 7.08. The van der Waals surface area contributed by atoms with E-state index in [0.29, 0.717) is 42.7 Å². The summed E-state index contributed by atoms with van der Waals surface area (Å²) in [7, 11) is -3.66. The molecule has 26 heavy (non-hydrogen) atoms. The third-order valence-corrected chi connectivity index (χ3v) is 7.27. The third-order valence-electron chi connectivity index (χ3n) is 5.89. The molecular weight excluding hydrogens is 350 g/mol. The van der Waals surface area contributed by atoms with Crippen LogP contribution in [0.4, 0.5) is 5.69 Å². The van der Waals surface area contributed by atoms with Crippen molar-refractivity contribution in [2.75, 3.05) is 11.9 Å². The lowest BCUT2D eigenvalue weighted by Crippen LogP contribution is -2.29. The van der Waals surface area contributed by atoms with E-state index < -0.39 is 10.0 Å². The number of carbonyl (C=O) groups excluding carboxylic acids is 1. The SMILES string of the molecule is O=C(C[C@H]1C[C@@H]2CC[C@@H]1C2)Nc1cccc(S(=O)(=O)NC2=NCCC2)c1. The number of rotatable bonds is 5. The molecule has 1 aliphatic heterocycles. The summed E-state index contributed by atoms with van der Waals surface area (Å²) in [4.78, 5) is 16.7. The molecule has 1 aromatic carbocycles. The van der Waals surface area contributed by atoms with Gasteiger partial charge in [-0.05, 0) is 61.6 Å². The fraction of sp³-hybridized carbons (Fsp3) is 0.579. The van der Waals surface area contributed by atoms with Crippen LogP contribution >= 0.6 is 0 Å². The average Bonchev–Trinajstić information content (AvgIpc) is 3.33. The summed E-state index contributed by atoms with van der Waals surface area (Å²) in [5.74, 6) is 2.49. The molecule has 7 heteroatoms. The first-order valence-corrected chi connectivity index (χ1v) is 10.9. The number of fused-ring (bicyclic) bond motifs is 2. The molecule has 1 aromatic rings. The van der Waals surface area contributed by atoms with Crippen LogP contribution in [0, 0.1) is 17.8 Å². The number of aliphatic imine (C=N–C) groups is 1. The van der Waals surface area contributed by atoms with Crippen LogP contribution in [-0.2, 0) is 14.8 Å². The van der Waals surface area contributed by atoms with Crippen molar-refractivity contribution in [1.82, 2.24) is 4.72 Å². The van der Waals surface area contributed by atoms with Crippen LogP contribution < -0.4 is 10.0 Å². The standard InChI is InChI=1S/C19H25N3O3S/c23-19(11-15-10-13-6-7-14(15)9-13)21-16-3-1-4-17(12-16)26(24,25)22-18-5-2-8-20-18/h1,3-4,12-15H,2,5-11H2,(H,20,22)(H,21,23)/t13-,14-,15-/m1/s1. The minimum atomic E-state index is -3.66. The van der Waals surface area contributed by atoms with Gasteiger partial charge in [-0.2, -0.15) is 0 Å². The number of amidine groups is 1. The van der Waals surface area contributed by atoms with Gasteiger partial charge in [0.05, 0.1) is 4.90 Å². The largest absolute Gasteiger partial charge is 0.326 e. The Morgan fingerprint density at radius 2 is 2.12 bits per heavy atom. The molecule has 6 nitrogen and oxygen atoms in total. The van der Waals surface area contributed by atoms with Gasteiger partial charge in [0.25, 0.3) is 10.0 Å². The van der Waals surface area contributed by atoms with Gasteiger partial charge >= 0.3 is 0 Å². The predicted molar refractivity (Wildman–Crippen MR) is 100 cm³/mol. The Morgan fingerprint density at radius 3 is 2.81 bits per heavy atom. The molecule has 0 radical (unpaired) electrons. The molecule has 140 valence electrons. The fourth-order valence-corrected chi connectivity index (χ4v) is 5.79. The second-order valence-corrected chi connectivity index (χ2v) is 9.43. The van der Waals surface area contributed by atoms with E-state index in [-0.39, 0.29) is 10.8 Å². The zero-order chi connectivity index (χ0) is 18.1. The van der Waals surface area contributed by atoms with E-state index in [9.17, 15) is 13.2 Å². The molecule has 2 fully saturated rings. The van der Waals surface area contributed by atoms with Crippen molar-refractivity contribution in [1.29, 1.82) is 0 Å².